The Morgan fingerprint density at radius 3 is 2.81 bits per heavy atom. The highest BCUT2D eigenvalue weighted by atomic mass is 19.1. The molecule has 0 bridgehead atoms. The first kappa shape index (κ1) is 14.0. The summed E-state index contributed by atoms with van der Waals surface area (Å²) in [6, 6.07) is 3.35. The van der Waals surface area contributed by atoms with E-state index in [1.807, 2.05) is 4.90 Å². The third-order valence-electron chi connectivity index (χ3n) is 3.84. The molecule has 0 N–H and O–H groups in total. The largest absolute Gasteiger partial charge is 0.391 e. The van der Waals surface area contributed by atoms with Gasteiger partial charge in [-0.25, -0.2) is 8.78 Å². The summed E-state index contributed by atoms with van der Waals surface area (Å²) in [5.74, 6) is -1.24. The van der Waals surface area contributed by atoms with E-state index in [9.17, 15) is 13.6 Å². The number of rotatable bonds is 3. The molecule has 0 saturated carbocycles. The van der Waals surface area contributed by atoms with E-state index in [0.717, 1.165) is 32.0 Å². The smallest absolute Gasteiger partial charge is 0.226 e. The van der Waals surface area contributed by atoms with Crippen LogP contribution in [0.5, 0.6) is 0 Å². The predicted octanol–water partition coefficient (Wildman–Crippen LogP) is 2.47. The first-order chi connectivity index (χ1) is 10.1. The van der Waals surface area contributed by atoms with Gasteiger partial charge in [-0.1, -0.05) is 5.16 Å². The molecule has 6 heteroatoms. The number of hydrogen-bond donors (Lipinski definition) is 0. The minimum Gasteiger partial charge on any atom is -0.391 e. The Morgan fingerprint density at radius 1 is 1.33 bits per heavy atom. The van der Waals surface area contributed by atoms with E-state index in [1.165, 1.54) is 12.1 Å². The van der Waals surface area contributed by atoms with Gasteiger partial charge in [-0.15, -0.1) is 0 Å². The number of nitrogens with zero attached hydrogens (tertiary/aromatic N) is 2. The van der Waals surface area contributed by atoms with Crippen molar-refractivity contribution in [3.8, 4) is 0 Å². The van der Waals surface area contributed by atoms with Gasteiger partial charge in [0.2, 0.25) is 5.91 Å². The molecule has 1 amide bonds. The van der Waals surface area contributed by atoms with Gasteiger partial charge in [-0.3, -0.25) is 4.79 Å². The molecule has 0 aliphatic carbocycles. The molecule has 0 radical (unpaired) electrons. The Labute approximate surface area is 121 Å². The van der Waals surface area contributed by atoms with Crippen molar-refractivity contribution in [3.63, 3.8) is 0 Å². The molecule has 1 atom stereocenters. The fourth-order valence-electron chi connectivity index (χ4n) is 2.71. The molecule has 0 unspecified atom stereocenters. The lowest BCUT2D eigenvalue weighted by Crippen LogP contribution is -2.30. The van der Waals surface area contributed by atoms with Crippen LogP contribution in [0, 0.1) is 11.6 Å². The fraction of sp³-hybridized carbons (Fsp3) is 0.467. The van der Waals surface area contributed by atoms with Crippen molar-refractivity contribution in [3.05, 3.63) is 35.4 Å². The second kappa shape index (κ2) is 5.79. The average Bonchev–Trinajstić information content (AvgIpc) is 3.09. The Bertz CT molecular complexity index is 583. The van der Waals surface area contributed by atoms with E-state index in [4.69, 9.17) is 4.84 Å². The van der Waals surface area contributed by atoms with E-state index in [-0.39, 0.29) is 24.0 Å². The molecule has 1 saturated heterocycles. The van der Waals surface area contributed by atoms with Crippen molar-refractivity contribution in [1.82, 2.24) is 4.90 Å². The van der Waals surface area contributed by atoms with Gasteiger partial charge in [0.05, 0.1) is 12.1 Å². The Balaban J connectivity index is 1.60. The van der Waals surface area contributed by atoms with Crippen LogP contribution in [0.25, 0.3) is 0 Å². The van der Waals surface area contributed by atoms with Crippen molar-refractivity contribution >= 4 is 11.6 Å². The van der Waals surface area contributed by atoms with Crippen molar-refractivity contribution in [2.45, 2.75) is 31.8 Å². The minimum atomic E-state index is -0.663. The van der Waals surface area contributed by atoms with Crippen LogP contribution in [0.3, 0.4) is 0 Å². The molecule has 3 rings (SSSR count). The zero-order chi connectivity index (χ0) is 14.8. The van der Waals surface area contributed by atoms with Crippen molar-refractivity contribution in [2.24, 2.45) is 5.16 Å². The van der Waals surface area contributed by atoms with Crippen LogP contribution in [-0.4, -0.2) is 35.7 Å². The number of benzene rings is 1. The van der Waals surface area contributed by atoms with Crippen molar-refractivity contribution < 1.29 is 18.4 Å². The number of amides is 1. The van der Waals surface area contributed by atoms with Crippen LogP contribution >= 0.6 is 0 Å². The molecule has 1 fully saturated rings. The van der Waals surface area contributed by atoms with Crippen LogP contribution in [0.2, 0.25) is 0 Å². The van der Waals surface area contributed by atoms with Gasteiger partial charge in [-0.05, 0) is 25.0 Å². The number of carbonyl (C=O) groups excluding carboxylic acids is 1. The van der Waals surface area contributed by atoms with Crippen molar-refractivity contribution in [1.29, 1.82) is 0 Å². The third-order valence-corrected chi connectivity index (χ3v) is 3.84. The number of oxime groups is 1. The lowest BCUT2D eigenvalue weighted by atomic mass is 10.0. The summed E-state index contributed by atoms with van der Waals surface area (Å²) in [7, 11) is 0. The number of carbonyl (C=O) groups is 1. The summed E-state index contributed by atoms with van der Waals surface area (Å²) < 4.78 is 26.6. The summed E-state index contributed by atoms with van der Waals surface area (Å²) in [5.41, 5.74) is 0.652. The second-order valence-electron chi connectivity index (χ2n) is 5.39. The topological polar surface area (TPSA) is 41.9 Å². The zero-order valence-electron chi connectivity index (χ0n) is 11.5. The van der Waals surface area contributed by atoms with Crippen molar-refractivity contribution in [2.75, 3.05) is 13.1 Å². The molecule has 2 aliphatic heterocycles. The molecular weight excluding hydrogens is 278 g/mol. The molecule has 21 heavy (non-hydrogen) atoms. The molecule has 112 valence electrons. The van der Waals surface area contributed by atoms with E-state index in [0.29, 0.717) is 12.1 Å². The lowest BCUT2D eigenvalue weighted by Gasteiger charge is -2.16. The lowest BCUT2D eigenvalue weighted by molar-refractivity contribution is -0.132. The van der Waals surface area contributed by atoms with Gasteiger partial charge in [0.1, 0.15) is 17.7 Å². The molecule has 4 nitrogen and oxygen atoms in total. The summed E-state index contributed by atoms with van der Waals surface area (Å²) in [4.78, 5) is 19.1. The summed E-state index contributed by atoms with van der Waals surface area (Å²) in [6.45, 7) is 1.59. The predicted molar refractivity (Wildman–Crippen MR) is 72.8 cm³/mol. The quantitative estimate of drug-likeness (QED) is 0.859. The Hall–Kier alpha value is -1.98. The highest BCUT2D eigenvalue weighted by molar-refractivity contribution is 6.01. The molecular formula is C15H16F2N2O2. The summed E-state index contributed by atoms with van der Waals surface area (Å²) >= 11 is 0. The minimum absolute atomic E-state index is 0.0496. The number of likely N-dealkylation sites (tertiary alicyclic amines) is 1. The molecule has 2 aliphatic rings. The standard InChI is InChI=1S/C15H16F2N2O2/c16-10-3-4-12(13(17)7-10)14-8-11(21-18-14)9-15(20)19-5-1-2-6-19/h3-4,7,11H,1-2,5-6,8-9H2/t11-/m1/s1. The molecule has 1 aromatic rings. The molecule has 1 aromatic carbocycles. The number of halogens is 2. The Kier molecular flexibility index (Phi) is 3.86. The maximum Gasteiger partial charge on any atom is 0.226 e. The van der Waals surface area contributed by atoms with Gasteiger partial charge in [0, 0.05) is 31.1 Å². The maximum absolute atomic E-state index is 13.7. The van der Waals surface area contributed by atoms with Crippen LogP contribution < -0.4 is 0 Å². The van der Waals surface area contributed by atoms with Gasteiger partial charge in [0.15, 0.2) is 0 Å². The van der Waals surface area contributed by atoms with Crippen LogP contribution in [-0.2, 0) is 9.63 Å². The summed E-state index contributed by atoms with van der Waals surface area (Å²) in [6.07, 6.45) is 2.33. The third kappa shape index (κ3) is 3.04. The number of hydrogen-bond acceptors (Lipinski definition) is 3. The SMILES string of the molecule is O=C(C[C@H]1CC(c2ccc(F)cc2F)=NO1)N1CCCC1. The highest BCUT2D eigenvalue weighted by Crippen LogP contribution is 2.22. The summed E-state index contributed by atoms with van der Waals surface area (Å²) in [5, 5.41) is 3.84. The molecule has 0 aromatic heterocycles. The van der Waals surface area contributed by atoms with Gasteiger partial charge >= 0.3 is 0 Å². The van der Waals surface area contributed by atoms with Crippen LogP contribution in [0.1, 0.15) is 31.2 Å². The van der Waals surface area contributed by atoms with Gasteiger partial charge in [-0.2, -0.15) is 0 Å². The monoisotopic (exact) mass is 294 g/mol. The van der Waals surface area contributed by atoms with Gasteiger partial charge in [0.25, 0.3) is 0 Å². The van der Waals surface area contributed by atoms with E-state index >= 15 is 0 Å². The van der Waals surface area contributed by atoms with Crippen LogP contribution in [0.4, 0.5) is 8.78 Å². The first-order valence-corrected chi connectivity index (χ1v) is 7.09. The molecule has 0 spiro atoms. The van der Waals surface area contributed by atoms with E-state index in [2.05, 4.69) is 5.16 Å². The fourth-order valence-corrected chi connectivity index (χ4v) is 2.71. The zero-order valence-corrected chi connectivity index (χ0v) is 11.5. The average molecular weight is 294 g/mol. The Morgan fingerprint density at radius 2 is 2.10 bits per heavy atom. The maximum atomic E-state index is 13.7. The van der Waals surface area contributed by atoms with E-state index < -0.39 is 11.6 Å². The van der Waals surface area contributed by atoms with E-state index in [1.54, 1.807) is 0 Å². The second-order valence-corrected chi connectivity index (χ2v) is 5.39. The highest BCUT2D eigenvalue weighted by Gasteiger charge is 2.29. The normalized spacial score (nSPS) is 21.3. The van der Waals surface area contributed by atoms with Gasteiger partial charge < -0.3 is 9.74 Å². The van der Waals surface area contributed by atoms with Crippen LogP contribution in [0.15, 0.2) is 23.4 Å². The first-order valence-electron chi connectivity index (χ1n) is 7.09. The molecule has 2 heterocycles.